The van der Waals surface area contributed by atoms with Crippen molar-refractivity contribution in [3.05, 3.63) is 34.1 Å². The van der Waals surface area contributed by atoms with Gasteiger partial charge in [0.1, 0.15) is 11.0 Å². The molecule has 1 aliphatic heterocycles. The van der Waals surface area contributed by atoms with Crippen molar-refractivity contribution in [1.29, 1.82) is 0 Å². The number of halogens is 1. The summed E-state index contributed by atoms with van der Waals surface area (Å²) in [7, 11) is 1.85. The number of benzene rings is 1. The van der Waals surface area contributed by atoms with Crippen LogP contribution in [0.1, 0.15) is 19.3 Å². The molecule has 0 radical (unpaired) electrons. The molecule has 0 aliphatic carbocycles. The topological polar surface area (TPSA) is 59.3 Å². The first-order valence-corrected chi connectivity index (χ1v) is 8.44. The fourth-order valence-corrected chi connectivity index (χ4v) is 3.42. The van der Waals surface area contributed by atoms with Crippen LogP contribution in [0.4, 0.5) is 0 Å². The van der Waals surface area contributed by atoms with Gasteiger partial charge in [0.05, 0.1) is 0 Å². The molecule has 0 spiro atoms. The van der Waals surface area contributed by atoms with Crippen molar-refractivity contribution in [3.8, 4) is 10.6 Å². The second kappa shape index (κ2) is 6.62. The molecule has 0 bridgehead atoms. The van der Waals surface area contributed by atoms with Crippen molar-refractivity contribution in [1.82, 2.24) is 15.1 Å². The molecule has 0 saturated carbocycles. The van der Waals surface area contributed by atoms with E-state index in [2.05, 4.69) is 15.4 Å². The van der Waals surface area contributed by atoms with E-state index in [0.717, 1.165) is 41.2 Å². The van der Waals surface area contributed by atoms with Gasteiger partial charge in [0.2, 0.25) is 10.7 Å². The third-order valence-electron chi connectivity index (χ3n) is 3.57. The van der Waals surface area contributed by atoms with Crippen molar-refractivity contribution in [2.24, 2.45) is 12.0 Å². The van der Waals surface area contributed by atoms with E-state index in [-0.39, 0.29) is 11.9 Å². The minimum atomic E-state index is -0.313. The van der Waals surface area contributed by atoms with Crippen molar-refractivity contribution < 1.29 is 4.79 Å². The normalized spacial score (nSPS) is 19.8. The summed E-state index contributed by atoms with van der Waals surface area (Å²) in [5, 5.41) is 8.96. The largest absolute Gasteiger partial charge is 0.354 e. The van der Waals surface area contributed by atoms with Crippen LogP contribution in [0.3, 0.4) is 0 Å². The predicted octanol–water partition coefficient (Wildman–Crippen LogP) is 2.37. The predicted molar refractivity (Wildman–Crippen MR) is 87.7 cm³/mol. The standard InChI is InChI=1S/C15H17ClN4OS/c1-20-15(18-12-4-2-3-9-17-13(12)21)22-14(19-20)10-5-7-11(16)8-6-10/h5-8,12H,2-4,9H2,1H3,(H,17,21)/b18-15+. The molecular formula is C15H17ClN4OS. The lowest BCUT2D eigenvalue weighted by Crippen LogP contribution is -2.33. The Hall–Kier alpha value is -1.66. The molecule has 1 amide bonds. The molecule has 1 N–H and O–H groups in total. The lowest BCUT2D eigenvalue weighted by atomic mass is 10.1. The SMILES string of the molecule is Cn1nc(-c2ccc(Cl)cc2)s/c1=N/C1CCCCNC1=O. The number of hydrogen-bond acceptors (Lipinski definition) is 4. The number of aryl methyl sites for hydroxylation is 1. The molecular weight excluding hydrogens is 320 g/mol. The number of nitrogens with zero attached hydrogens (tertiary/aromatic N) is 3. The molecule has 1 unspecified atom stereocenters. The number of rotatable bonds is 2. The van der Waals surface area contributed by atoms with Gasteiger partial charge in [-0.2, -0.15) is 5.10 Å². The van der Waals surface area contributed by atoms with E-state index in [4.69, 9.17) is 11.6 Å². The van der Waals surface area contributed by atoms with E-state index in [0.29, 0.717) is 5.02 Å². The van der Waals surface area contributed by atoms with E-state index >= 15 is 0 Å². The number of hydrogen-bond donors (Lipinski definition) is 1. The molecule has 1 fully saturated rings. The highest BCUT2D eigenvalue weighted by molar-refractivity contribution is 7.12. The molecule has 7 heteroatoms. The highest BCUT2D eigenvalue weighted by Gasteiger charge is 2.20. The Bertz CT molecular complexity index is 735. The molecule has 5 nitrogen and oxygen atoms in total. The Morgan fingerprint density at radius 2 is 2.14 bits per heavy atom. The van der Waals surface area contributed by atoms with E-state index in [1.54, 1.807) is 4.68 Å². The summed E-state index contributed by atoms with van der Waals surface area (Å²) in [6.45, 7) is 0.746. The summed E-state index contributed by atoms with van der Waals surface area (Å²) < 4.78 is 1.73. The second-order valence-corrected chi connectivity index (χ2v) is 6.64. The first-order chi connectivity index (χ1) is 10.6. The highest BCUT2D eigenvalue weighted by Crippen LogP contribution is 2.21. The fraction of sp³-hybridized carbons (Fsp3) is 0.400. The molecule has 1 aromatic heterocycles. The summed E-state index contributed by atoms with van der Waals surface area (Å²) in [4.78, 5) is 17.4. The second-order valence-electron chi connectivity index (χ2n) is 5.25. The van der Waals surface area contributed by atoms with Crippen LogP contribution < -0.4 is 10.1 Å². The Balaban J connectivity index is 1.93. The zero-order chi connectivity index (χ0) is 15.5. The van der Waals surface area contributed by atoms with Crippen LogP contribution in [0.15, 0.2) is 29.3 Å². The fourth-order valence-electron chi connectivity index (χ4n) is 2.35. The van der Waals surface area contributed by atoms with Gasteiger partial charge in [-0.1, -0.05) is 35.1 Å². The van der Waals surface area contributed by atoms with Crippen molar-refractivity contribution in [2.45, 2.75) is 25.3 Å². The quantitative estimate of drug-likeness (QED) is 0.915. The van der Waals surface area contributed by atoms with E-state index < -0.39 is 0 Å². The average molecular weight is 337 g/mol. The minimum Gasteiger partial charge on any atom is -0.354 e. The van der Waals surface area contributed by atoms with Gasteiger partial charge in [-0.05, 0) is 31.4 Å². The molecule has 3 rings (SSSR count). The zero-order valence-corrected chi connectivity index (χ0v) is 13.8. The number of amides is 1. The zero-order valence-electron chi connectivity index (χ0n) is 12.3. The molecule has 116 valence electrons. The first-order valence-electron chi connectivity index (χ1n) is 7.25. The molecule has 1 atom stereocenters. The Morgan fingerprint density at radius 1 is 1.36 bits per heavy atom. The smallest absolute Gasteiger partial charge is 0.244 e. The van der Waals surface area contributed by atoms with Gasteiger partial charge in [-0.25, -0.2) is 9.67 Å². The molecule has 1 aromatic carbocycles. The van der Waals surface area contributed by atoms with E-state index in [1.165, 1.54) is 11.3 Å². The van der Waals surface area contributed by atoms with Crippen LogP contribution in [-0.2, 0) is 11.8 Å². The Labute approximate surface area is 137 Å². The van der Waals surface area contributed by atoms with Gasteiger partial charge in [0.15, 0.2) is 0 Å². The van der Waals surface area contributed by atoms with Crippen molar-refractivity contribution >= 4 is 28.8 Å². The van der Waals surface area contributed by atoms with Gasteiger partial charge in [0.25, 0.3) is 0 Å². The number of nitrogens with one attached hydrogen (secondary N) is 1. The van der Waals surface area contributed by atoms with Crippen LogP contribution in [-0.4, -0.2) is 28.3 Å². The van der Waals surface area contributed by atoms with Crippen LogP contribution >= 0.6 is 22.9 Å². The van der Waals surface area contributed by atoms with Crippen molar-refractivity contribution in [3.63, 3.8) is 0 Å². The molecule has 22 heavy (non-hydrogen) atoms. The van der Waals surface area contributed by atoms with E-state index in [9.17, 15) is 4.79 Å². The Morgan fingerprint density at radius 3 is 2.91 bits per heavy atom. The lowest BCUT2D eigenvalue weighted by Gasteiger charge is -2.06. The summed E-state index contributed by atoms with van der Waals surface area (Å²) in [5.74, 6) is 0.0129. The maximum absolute atomic E-state index is 12.0. The number of aromatic nitrogens is 2. The molecule has 1 aliphatic rings. The summed E-state index contributed by atoms with van der Waals surface area (Å²) in [5.41, 5.74) is 0.997. The summed E-state index contributed by atoms with van der Waals surface area (Å²) in [6.07, 6.45) is 2.82. The van der Waals surface area contributed by atoms with Gasteiger partial charge < -0.3 is 5.32 Å². The molecule has 2 heterocycles. The maximum atomic E-state index is 12.0. The molecule has 1 saturated heterocycles. The van der Waals surface area contributed by atoms with Crippen LogP contribution in [0.2, 0.25) is 5.02 Å². The van der Waals surface area contributed by atoms with E-state index in [1.807, 2.05) is 31.3 Å². The van der Waals surface area contributed by atoms with Gasteiger partial charge >= 0.3 is 0 Å². The Kier molecular flexibility index (Phi) is 4.59. The monoisotopic (exact) mass is 336 g/mol. The maximum Gasteiger partial charge on any atom is 0.244 e. The van der Waals surface area contributed by atoms with Gasteiger partial charge in [-0.3, -0.25) is 4.79 Å². The van der Waals surface area contributed by atoms with Crippen LogP contribution in [0, 0.1) is 0 Å². The number of carbonyl (C=O) groups excluding carboxylic acids is 1. The van der Waals surface area contributed by atoms with Crippen molar-refractivity contribution in [2.75, 3.05) is 6.54 Å². The summed E-state index contributed by atoms with van der Waals surface area (Å²) in [6, 6.07) is 7.24. The van der Waals surface area contributed by atoms with Crippen LogP contribution in [0.25, 0.3) is 10.6 Å². The van der Waals surface area contributed by atoms with Gasteiger partial charge in [-0.15, -0.1) is 0 Å². The average Bonchev–Trinajstić information content (AvgIpc) is 2.74. The van der Waals surface area contributed by atoms with Crippen LogP contribution in [0.5, 0.6) is 0 Å². The highest BCUT2D eigenvalue weighted by atomic mass is 35.5. The first kappa shape index (κ1) is 15.2. The minimum absolute atomic E-state index is 0.0129. The number of carbonyl (C=O) groups is 1. The van der Waals surface area contributed by atoms with Gasteiger partial charge in [0, 0.05) is 24.2 Å². The molecule has 2 aromatic rings. The summed E-state index contributed by atoms with van der Waals surface area (Å²) >= 11 is 7.39. The lowest BCUT2D eigenvalue weighted by molar-refractivity contribution is -0.122. The third kappa shape index (κ3) is 3.39. The third-order valence-corrected chi connectivity index (χ3v) is 4.88.